The van der Waals surface area contributed by atoms with E-state index in [-0.39, 0.29) is 6.04 Å². The van der Waals surface area contributed by atoms with Gasteiger partial charge in [0.25, 0.3) is 0 Å². The second kappa shape index (κ2) is 3.27. The number of nitrogens with zero attached hydrogens (tertiary/aromatic N) is 1. The summed E-state index contributed by atoms with van der Waals surface area (Å²) >= 11 is 0. The molecule has 1 saturated carbocycles. The van der Waals surface area contributed by atoms with Crippen molar-refractivity contribution in [1.82, 2.24) is 0 Å². The van der Waals surface area contributed by atoms with Gasteiger partial charge >= 0.3 is 0 Å². The zero-order valence-electron chi connectivity index (χ0n) is 10.0. The lowest BCUT2D eigenvalue weighted by Gasteiger charge is -2.24. The summed E-state index contributed by atoms with van der Waals surface area (Å²) < 4.78 is 6.06. The third-order valence-corrected chi connectivity index (χ3v) is 4.75. The molecule has 1 saturated heterocycles. The topological polar surface area (TPSA) is 29.5 Å². The third-order valence-electron chi connectivity index (χ3n) is 4.75. The molecule has 1 N–H and O–H groups in total. The lowest BCUT2D eigenvalue weighted by molar-refractivity contribution is -0.777. The van der Waals surface area contributed by atoms with Crippen LogP contribution in [0.2, 0.25) is 0 Å². The van der Waals surface area contributed by atoms with E-state index >= 15 is 0 Å². The van der Waals surface area contributed by atoms with Crippen LogP contribution in [-0.2, 0) is 4.74 Å². The fourth-order valence-corrected chi connectivity index (χ4v) is 3.27. The summed E-state index contributed by atoms with van der Waals surface area (Å²) in [6, 6.07) is 0.255. The van der Waals surface area contributed by atoms with Crippen molar-refractivity contribution in [2.24, 2.45) is 11.8 Å². The van der Waals surface area contributed by atoms with E-state index < -0.39 is 6.10 Å². The van der Waals surface area contributed by atoms with Crippen LogP contribution in [0.4, 0.5) is 0 Å². The average molecular weight is 220 g/mol. The van der Waals surface area contributed by atoms with Crippen LogP contribution in [0.3, 0.4) is 0 Å². The molecule has 86 valence electrons. The molecule has 0 amide bonds. The number of methoxy groups -OCH3 is 1. The highest BCUT2D eigenvalue weighted by Crippen LogP contribution is 2.50. The Hall–Kier alpha value is -0.475. The molecule has 2 radical (unpaired) electrons. The molecule has 4 atom stereocenters. The molecule has 3 aliphatic rings. The SMILES string of the molecule is [B]C1=C(OC)C(O)C(CC2CC2C)[N+]12CC2. The zero-order chi connectivity index (χ0) is 11.5. The van der Waals surface area contributed by atoms with E-state index in [1.165, 1.54) is 6.42 Å². The number of hydrogen-bond acceptors (Lipinski definition) is 2. The van der Waals surface area contributed by atoms with Crippen molar-refractivity contribution in [2.45, 2.75) is 31.9 Å². The molecule has 2 aliphatic heterocycles. The number of aliphatic hydroxyl groups excluding tert-OH is 1. The minimum Gasteiger partial charge on any atom is -0.493 e. The van der Waals surface area contributed by atoms with E-state index in [1.54, 1.807) is 7.11 Å². The second-order valence-electron chi connectivity index (χ2n) is 5.66. The minimum atomic E-state index is -0.486. The minimum absolute atomic E-state index is 0.255. The normalized spacial score (nSPS) is 43.9. The Labute approximate surface area is 98.1 Å². The lowest BCUT2D eigenvalue weighted by atomic mass is 10.0. The van der Waals surface area contributed by atoms with Gasteiger partial charge in [0.15, 0.2) is 11.9 Å². The van der Waals surface area contributed by atoms with Gasteiger partial charge in [-0.1, -0.05) is 6.92 Å². The predicted molar refractivity (Wildman–Crippen MR) is 61.5 cm³/mol. The van der Waals surface area contributed by atoms with Crippen molar-refractivity contribution in [1.29, 1.82) is 0 Å². The molecular weight excluding hydrogens is 201 g/mol. The van der Waals surface area contributed by atoms with Gasteiger partial charge in [-0.15, -0.1) is 0 Å². The van der Waals surface area contributed by atoms with Gasteiger partial charge < -0.3 is 9.84 Å². The quantitative estimate of drug-likeness (QED) is 0.428. The fraction of sp³-hybridized carbons (Fsp3) is 0.833. The number of rotatable bonds is 3. The van der Waals surface area contributed by atoms with Gasteiger partial charge in [-0.05, 0) is 18.3 Å². The molecule has 3 nitrogen and oxygen atoms in total. The van der Waals surface area contributed by atoms with Gasteiger partial charge in [-0.25, -0.2) is 0 Å². The van der Waals surface area contributed by atoms with Crippen molar-refractivity contribution < 1.29 is 14.3 Å². The first-order valence-electron chi connectivity index (χ1n) is 6.19. The standard InChI is InChI=1S/C12H19BNO2/c1-7-5-8(7)6-9-10(15)11(16-2)12(13)14(9)3-4-14/h7-10,15H,3-6H2,1-2H3/q+1. The summed E-state index contributed by atoms with van der Waals surface area (Å²) in [6.45, 7) is 4.43. The molecule has 0 aromatic carbocycles. The van der Waals surface area contributed by atoms with Crippen LogP contribution in [0, 0.1) is 11.8 Å². The van der Waals surface area contributed by atoms with Gasteiger partial charge in [-0.3, -0.25) is 4.48 Å². The van der Waals surface area contributed by atoms with E-state index in [4.69, 9.17) is 12.6 Å². The van der Waals surface area contributed by atoms with Crippen LogP contribution in [0.25, 0.3) is 0 Å². The first-order chi connectivity index (χ1) is 7.60. The maximum Gasteiger partial charge on any atom is 0.201 e. The maximum absolute atomic E-state index is 10.3. The monoisotopic (exact) mass is 220 g/mol. The van der Waals surface area contributed by atoms with Crippen molar-refractivity contribution in [3.05, 3.63) is 11.4 Å². The Morgan fingerprint density at radius 3 is 2.56 bits per heavy atom. The van der Waals surface area contributed by atoms with Crippen molar-refractivity contribution in [2.75, 3.05) is 20.2 Å². The number of hydrogen-bond donors (Lipinski definition) is 1. The highest BCUT2D eigenvalue weighted by atomic mass is 16.5. The van der Waals surface area contributed by atoms with Crippen LogP contribution < -0.4 is 0 Å². The number of aliphatic hydroxyl groups is 1. The lowest BCUT2D eigenvalue weighted by Crippen LogP contribution is -2.40. The molecule has 4 heteroatoms. The summed E-state index contributed by atoms with van der Waals surface area (Å²) in [4.78, 5) is 0. The zero-order valence-corrected chi connectivity index (χ0v) is 10.0. The van der Waals surface area contributed by atoms with Crippen LogP contribution in [0.1, 0.15) is 19.8 Å². The maximum atomic E-state index is 10.3. The molecule has 2 heterocycles. The van der Waals surface area contributed by atoms with Crippen molar-refractivity contribution >= 4 is 7.85 Å². The fourth-order valence-electron chi connectivity index (χ4n) is 3.27. The van der Waals surface area contributed by atoms with Gasteiger partial charge in [0.1, 0.15) is 19.1 Å². The molecule has 0 aromatic heterocycles. The van der Waals surface area contributed by atoms with E-state index in [9.17, 15) is 5.11 Å². The Balaban J connectivity index is 1.80. The molecule has 1 spiro atoms. The van der Waals surface area contributed by atoms with Crippen LogP contribution >= 0.6 is 0 Å². The summed E-state index contributed by atoms with van der Waals surface area (Å²) in [6.07, 6.45) is 1.92. The van der Waals surface area contributed by atoms with Crippen LogP contribution in [0.5, 0.6) is 0 Å². The van der Waals surface area contributed by atoms with Crippen molar-refractivity contribution in [3.63, 3.8) is 0 Å². The van der Waals surface area contributed by atoms with Crippen LogP contribution in [0.15, 0.2) is 11.4 Å². The Kier molecular flexibility index (Phi) is 2.18. The largest absolute Gasteiger partial charge is 0.493 e. The van der Waals surface area contributed by atoms with Gasteiger partial charge in [0, 0.05) is 6.42 Å². The Bertz CT molecular complexity index is 351. The summed E-state index contributed by atoms with van der Waals surface area (Å²) in [5, 5.41) is 10.3. The average Bonchev–Trinajstić information content (AvgIpc) is 3.11. The molecule has 2 fully saturated rings. The molecule has 3 rings (SSSR count). The molecule has 4 unspecified atom stereocenters. The smallest absolute Gasteiger partial charge is 0.201 e. The summed E-state index contributed by atoms with van der Waals surface area (Å²) in [5.74, 6) is 2.25. The molecule has 16 heavy (non-hydrogen) atoms. The van der Waals surface area contributed by atoms with Gasteiger partial charge in [0.2, 0.25) is 7.85 Å². The predicted octanol–water partition coefficient (Wildman–Crippen LogP) is 0.590. The van der Waals surface area contributed by atoms with Crippen molar-refractivity contribution in [3.8, 4) is 0 Å². The Morgan fingerprint density at radius 1 is 1.50 bits per heavy atom. The highest BCUT2D eigenvalue weighted by Gasteiger charge is 2.61. The molecule has 0 aromatic rings. The number of ether oxygens (including phenoxy) is 1. The van der Waals surface area contributed by atoms with E-state index in [1.807, 2.05) is 0 Å². The van der Waals surface area contributed by atoms with Gasteiger partial charge in [0.05, 0.1) is 12.7 Å². The van der Waals surface area contributed by atoms with E-state index in [0.717, 1.165) is 41.4 Å². The van der Waals surface area contributed by atoms with E-state index in [0.29, 0.717) is 5.76 Å². The second-order valence-corrected chi connectivity index (χ2v) is 5.66. The van der Waals surface area contributed by atoms with Crippen LogP contribution in [-0.4, -0.2) is 49.8 Å². The Morgan fingerprint density at radius 2 is 2.12 bits per heavy atom. The van der Waals surface area contributed by atoms with E-state index in [2.05, 4.69) is 6.92 Å². The highest BCUT2D eigenvalue weighted by molar-refractivity contribution is 6.20. The summed E-state index contributed by atoms with van der Waals surface area (Å²) in [5.41, 5.74) is 0.772. The molecular formula is C12H19BNO2+. The first kappa shape index (κ1) is 10.7. The number of quaternary nitrogens is 1. The third kappa shape index (κ3) is 1.29. The first-order valence-corrected chi connectivity index (χ1v) is 6.19. The van der Waals surface area contributed by atoms with Gasteiger partial charge in [-0.2, -0.15) is 0 Å². The molecule has 1 aliphatic carbocycles. The summed E-state index contributed by atoms with van der Waals surface area (Å²) in [7, 11) is 7.71. The molecule has 0 bridgehead atoms.